The molecule has 0 aromatic carbocycles. The molecule has 1 atom stereocenters. The van der Waals surface area contributed by atoms with Crippen LogP contribution in [0.15, 0.2) is 0 Å². The molecule has 1 unspecified atom stereocenters. The highest BCUT2D eigenvalue weighted by Crippen LogP contribution is 2.42. The van der Waals surface area contributed by atoms with Crippen LogP contribution >= 0.6 is 7.82 Å². The van der Waals surface area contributed by atoms with E-state index < -0.39 is 29.1 Å². The first-order chi connectivity index (χ1) is 11.8. The van der Waals surface area contributed by atoms with Crippen molar-refractivity contribution in [3.8, 4) is 0 Å². The van der Waals surface area contributed by atoms with Crippen LogP contribution < -0.4 is 10.6 Å². The minimum atomic E-state index is -4.15. The highest BCUT2D eigenvalue weighted by molar-refractivity contribution is 7.47. The van der Waals surface area contributed by atoms with Crippen molar-refractivity contribution in [2.24, 2.45) is 0 Å². The van der Waals surface area contributed by atoms with Crippen LogP contribution in [0.3, 0.4) is 0 Å². The number of carbonyl (C=O) groups excluding carboxylic acids is 1. The maximum atomic E-state index is 11.5. The molecule has 0 saturated heterocycles. The van der Waals surface area contributed by atoms with Gasteiger partial charge in [-0.2, -0.15) is 0 Å². The van der Waals surface area contributed by atoms with E-state index in [9.17, 15) is 14.3 Å². The lowest BCUT2D eigenvalue weighted by Crippen LogP contribution is -2.43. The summed E-state index contributed by atoms with van der Waals surface area (Å²) in [6, 6.07) is 0.688. The molecular formula is C13H31N2O8PSi. The lowest BCUT2D eigenvalue weighted by molar-refractivity contribution is -0.123. The van der Waals surface area contributed by atoms with E-state index in [0.29, 0.717) is 32.1 Å². The standard InChI is InChI=1S/C13H31N2O8PSi/c1-5-10-22-24(17,18)23-12-13(16)15-9-8-14-7-6-11-25(19-2,20-3)21-4/h14H,5-12H2,1-4H3,(H,15,16)(H,17,18). The highest BCUT2D eigenvalue weighted by atomic mass is 31.2. The van der Waals surface area contributed by atoms with Gasteiger partial charge >= 0.3 is 16.6 Å². The zero-order valence-corrected chi connectivity index (χ0v) is 17.3. The van der Waals surface area contributed by atoms with Crippen LogP contribution in [-0.2, 0) is 31.7 Å². The highest BCUT2D eigenvalue weighted by Gasteiger charge is 2.36. The van der Waals surface area contributed by atoms with Crippen LogP contribution in [0.4, 0.5) is 0 Å². The summed E-state index contributed by atoms with van der Waals surface area (Å²) in [4.78, 5) is 20.8. The Labute approximate surface area is 150 Å². The summed E-state index contributed by atoms with van der Waals surface area (Å²) in [5, 5.41) is 5.73. The Morgan fingerprint density at radius 1 is 1.08 bits per heavy atom. The summed E-state index contributed by atoms with van der Waals surface area (Å²) in [6.07, 6.45) is 1.38. The van der Waals surface area contributed by atoms with Gasteiger partial charge in [-0.3, -0.25) is 13.8 Å². The summed E-state index contributed by atoms with van der Waals surface area (Å²) < 4.78 is 36.5. The van der Waals surface area contributed by atoms with E-state index >= 15 is 0 Å². The molecule has 0 fully saturated rings. The van der Waals surface area contributed by atoms with Crippen molar-refractivity contribution in [3.05, 3.63) is 0 Å². The van der Waals surface area contributed by atoms with Crippen LogP contribution in [0, 0.1) is 0 Å². The van der Waals surface area contributed by atoms with Crippen molar-refractivity contribution >= 4 is 22.5 Å². The van der Waals surface area contributed by atoms with Crippen LogP contribution in [0.25, 0.3) is 0 Å². The Kier molecular flexibility index (Phi) is 13.6. The molecule has 0 aliphatic heterocycles. The number of carbonyl (C=O) groups is 1. The molecule has 0 radical (unpaired) electrons. The Balaban J connectivity index is 3.71. The van der Waals surface area contributed by atoms with Gasteiger partial charge in [-0.25, -0.2) is 4.57 Å². The molecule has 10 nitrogen and oxygen atoms in total. The molecular weight excluding hydrogens is 371 g/mol. The smallest absolute Gasteiger partial charge is 0.377 e. The molecule has 0 bridgehead atoms. The number of nitrogens with one attached hydrogen (secondary N) is 2. The van der Waals surface area contributed by atoms with E-state index in [-0.39, 0.29) is 6.61 Å². The first kappa shape index (κ1) is 24.6. The van der Waals surface area contributed by atoms with Crippen molar-refractivity contribution in [2.45, 2.75) is 25.8 Å². The van der Waals surface area contributed by atoms with E-state index in [1.807, 2.05) is 0 Å². The van der Waals surface area contributed by atoms with E-state index in [1.165, 1.54) is 0 Å². The zero-order valence-electron chi connectivity index (χ0n) is 15.4. The third-order valence-corrected chi connectivity index (χ3v) is 7.01. The van der Waals surface area contributed by atoms with Crippen molar-refractivity contribution in [1.29, 1.82) is 0 Å². The quantitative estimate of drug-likeness (QED) is 0.192. The van der Waals surface area contributed by atoms with E-state index in [1.54, 1.807) is 28.3 Å². The number of phosphoric ester groups is 1. The summed E-state index contributed by atoms with van der Waals surface area (Å²) in [5.74, 6) is -0.485. The molecule has 0 aliphatic carbocycles. The van der Waals surface area contributed by atoms with Crippen LogP contribution in [-0.4, -0.2) is 73.8 Å². The summed E-state index contributed by atoms with van der Waals surface area (Å²) in [6.45, 7) is 3.00. The lowest BCUT2D eigenvalue weighted by Gasteiger charge is -2.24. The van der Waals surface area contributed by atoms with Crippen LogP contribution in [0.2, 0.25) is 6.04 Å². The molecule has 3 N–H and O–H groups in total. The Bertz CT molecular complexity index is 403. The Morgan fingerprint density at radius 3 is 2.28 bits per heavy atom. The summed E-state index contributed by atoms with van der Waals surface area (Å²) >= 11 is 0. The van der Waals surface area contributed by atoms with Crippen molar-refractivity contribution in [2.75, 3.05) is 54.2 Å². The average Bonchev–Trinajstić information content (AvgIpc) is 2.61. The third-order valence-electron chi connectivity index (χ3n) is 3.21. The number of phosphoric acid groups is 1. The molecule has 0 heterocycles. The minimum absolute atomic E-state index is 0.0959. The van der Waals surface area contributed by atoms with Gasteiger partial charge in [0.25, 0.3) is 0 Å². The van der Waals surface area contributed by atoms with E-state index in [2.05, 4.69) is 19.7 Å². The monoisotopic (exact) mass is 402 g/mol. The second kappa shape index (κ2) is 13.8. The van der Waals surface area contributed by atoms with Gasteiger partial charge < -0.3 is 28.8 Å². The maximum absolute atomic E-state index is 11.5. The predicted octanol–water partition coefficient (Wildman–Crippen LogP) is 0.504. The molecule has 0 spiro atoms. The van der Waals surface area contributed by atoms with Crippen molar-refractivity contribution in [1.82, 2.24) is 10.6 Å². The predicted molar refractivity (Wildman–Crippen MR) is 94.1 cm³/mol. The number of hydrogen-bond donors (Lipinski definition) is 3. The molecule has 150 valence electrons. The second-order valence-corrected chi connectivity index (χ2v) is 9.62. The van der Waals surface area contributed by atoms with Gasteiger partial charge in [0.15, 0.2) is 0 Å². The second-order valence-electron chi connectivity index (χ2n) is 5.07. The third kappa shape index (κ3) is 11.8. The fourth-order valence-corrected chi connectivity index (χ4v) is 4.33. The van der Waals surface area contributed by atoms with Gasteiger partial charge in [-0.05, 0) is 19.4 Å². The van der Waals surface area contributed by atoms with Crippen molar-refractivity contribution < 1.29 is 36.6 Å². The fraction of sp³-hybridized carbons (Fsp3) is 0.923. The first-order valence-corrected chi connectivity index (χ1v) is 11.5. The van der Waals surface area contributed by atoms with Gasteiger partial charge in [-0.1, -0.05) is 6.92 Å². The van der Waals surface area contributed by atoms with Gasteiger partial charge in [0, 0.05) is 40.5 Å². The first-order valence-electron chi connectivity index (χ1n) is 8.09. The van der Waals surface area contributed by atoms with Crippen molar-refractivity contribution in [3.63, 3.8) is 0 Å². The number of amides is 1. The van der Waals surface area contributed by atoms with Gasteiger partial charge in [0.2, 0.25) is 5.91 Å². The van der Waals surface area contributed by atoms with Gasteiger partial charge in [0.1, 0.15) is 6.61 Å². The molecule has 25 heavy (non-hydrogen) atoms. The Morgan fingerprint density at radius 2 is 1.72 bits per heavy atom. The summed E-state index contributed by atoms with van der Waals surface area (Å²) in [7, 11) is -1.96. The van der Waals surface area contributed by atoms with Gasteiger partial charge in [0.05, 0.1) is 6.61 Å². The lowest BCUT2D eigenvalue weighted by atomic mass is 10.4. The molecule has 0 saturated carbocycles. The SMILES string of the molecule is CCCOP(=O)(O)OCC(=O)NCCNCCC[Si](OC)(OC)OC. The molecule has 12 heteroatoms. The Hall–Kier alpha value is -0.363. The summed E-state index contributed by atoms with van der Waals surface area (Å²) in [5.41, 5.74) is 0. The molecule has 1 amide bonds. The maximum Gasteiger partial charge on any atom is 0.500 e. The average molecular weight is 402 g/mol. The zero-order chi connectivity index (χ0) is 19.2. The fourth-order valence-electron chi connectivity index (χ4n) is 1.84. The van der Waals surface area contributed by atoms with Crippen LogP contribution in [0.5, 0.6) is 0 Å². The van der Waals surface area contributed by atoms with E-state index in [4.69, 9.17) is 13.3 Å². The molecule has 0 aliphatic rings. The number of rotatable bonds is 16. The van der Waals surface area contributed by atoms with Crippen LogP contribution in [0.1, 0.15) is 19.8 Å². The number of hydrogen-bond acceptors (Lipinski definition) is 8. The largest absolute Gasteiger partial charge is 0.500 e. The van der Waals surface area contributed by atoms with E-state index in [0.717, 1.165) is 6.42 Å². The minimum Gasteiger partial charge on any atom is -0.377 e. The topological polar surface area (TPSA) is 125 Å². The van der Waals surface area contributed by atoms with Gasteiger partial charge in [-0.15, -0.1) is 0 Å². The normalized spacial score (nSPS) is 14.3. The molecule has 0 aromatic heterocycles. The molecule has 0 rings (SSSR count). The molecule has 0 aromatic rings.